The minimum Gasteiger partial charge on any atom is -0.346 e. The largest absolute Gasteiger partial charge is 1.00 e. The van der Waals surface area contributed by atoms with E-state index in [9.17, 15) is 0 Å². The van der Waals surface area contributed by atoms with Crippen molar-refractivity contribution in [2.45, 2.75) is 12.8 Å². The molecule has 0 aliphatic rings. The van der Waals surface area contributed by atoms with E-state index in [1.54, 1.807) is 0 Å². The van der Waals surface area contributed by atoms with E-state index in [2.05, 4.69) is 13.8 Å². The van der Waals surface area contributed by atoms with Crippen LogP contribution in [0.1, 0.15) is 12.8 Å². The molecule has 0 N–H and O–H groups in total. The van der Waals surface area contributed by atoms with Gasteiger partial charge in [0.15, 0.2) is 0 Å². The second kappa shape index (κ2) is 44.1. The summed E-state index contributed by atoms with van der Waals surface area (Å²) in [5, 5.41) is 0. The van der Waals surface area contributed by atoms with Crippen molar-refractivity contribution < 1.29 is 37.7 Å². The summed E-state index contributed by atoms with van der Waals surface area (Å²) in [5.74, 6) is 0. The molecule has 0 aliphatic carbocycles. The Kier molecular flexibility index (Phi) is 198. The Morgan fingerprint density at radius 3 is 0.778 bits per heavy atom. The summed E-state index contributed by atoms with van der Waals surface area (Å²) in [6, 6.07) is 0. The Bertz CT molecular complexity index is 10.9. The molecule has 0 nitrogen and oxygen atoms in total. The molecule has 0 aliphatic heterocycles. The molecule has 0 aromatic heterocycles. The molecule has 5 heteroatoms. The zero-order valence-electron chi connectivity index (χ0n) is 7.83. The van der Waals surface area contributed by atoms with E-state index in [0.29, 0.717) is 0 Å². The summed E-state index contributed by atoms with van der Waals surface area (Å²) in [6.45, 7) is 7.08. The topological polar surface area (TPSA) is 0 Å². The summed E-state index contributed by atoms with van der Waals surface area (Å²) in [4.78, 5) is 0. The predicted octanol–water partition coefficient (Wildman–Crippen LogP) is -5.70. The van der Waals surface area contributed by atoms with E-state index in [1.165, 1.54) is 0 Å². The monoisotopic (exact) mass is 91.1 g/mol. The molecule has 0 saturated carbocycles. The zero-order valence-corrected chi connectivity index (χ0v) is 7.83. The Morgan fingerprint density at radius 2 is 0.778 bits per heavy atom. The average molecular weight is 90.8 g/mol. The van der Waals surface area contributed by atoms with Gasteiger partial charge in [-0.3, -0.25) is 0 Å². The molecule has 0 amide bonds. The average Bonchev–Trinajstić information content (AvgIpc) is 1.37. The fourth-order valence-electron chi connectivity index (χ4n) is 0. The van der Waals surface area contributed by atoms with Crippen molar-refractivity contribution in [1.29, 1.82) is 0 Å². The first-order valence-electron chi connectivity index (χ1n) is 1.50. The molecule has 0 fully saturated rings. The van der Waals surface area contributed by atoms with Crippen molar-refractivity contribution in [2.75, 3.05) is 0 Å². The summed E-state index contributed by atoms with van der Waals surface area (Å²) in [5.41, 5.74) is 0. The number of rotatable bonds is 1. The minimum atomic E-state index is 0. The third-order valence-corrected chi connectivity index (χ3v) is 0.250. The van der Waals surface area contributed by atoms with Crippen LogP contribution in [0.2, 0.25) is 0 Å². The molecule has 0 heterocycles. The van der Waals surface area contributed by atoms with E-state index < -0.39 is 0 Å². The predicted molar refractivity (Wildman–Crippen MR) is 37.2 cm³/mol. The minimum absolute atomic E-state index is 0. The van der Waals surface area contributed by atoms with Crippen molar-refractivity contribution in [3.05, 3.63) is 13.8 Å². The second-order valence-electron chi connectivity index (χ2n) is 0.707. The number of hydrogen-bond acceptors (Lipinski definition) is 0. The van der Waals surface area contributed by atoms with Crippen LogP contribution in [0.25, 0.3) is 0 Å². The van der Waals surface area contributed by atoms with Gasteiger partial charge in [0.25, 0.3) is 0 Å². The molecule has 29 valence electrons. The third kappa shape index (κ3) is 55.8. The van der Waals surface area contributed by atoms with Gasteiger partial charge in [-0.2, -0.15) is 0 Å². The van der Waals surface area contributed by atoms with Crippen molar-refractivity contribution in [3.8, 4) is 0 Å². The Balaban J connectivity index is -0.00000000450. The summed E-state index contributed by atoms with van der Waals surface area (Å²) >= 11 is 0. The number of hydrogen-bond donors (Lipinski definition) is 0. The van der Waals surface area contributed by atoms with Crippen LogP contribution < -0.4 is 37.7 Å². The SMILES string of the molecule is [CH2-]CC[CH2-].[Li+].[Li+].[Li].[Li].[Li]. The van der Waals surface area contributed by atoms with Crippen LogP contribution in [0.3, 0.4) is 0 Å². The molecule has 0 atom stereocenters. The van der Waals surface area contributed by atoms with Crippen molar-refractivity contribution in [3.63, 3.8) is 0 Å². The van der Waals surface area contributed by atoms with Gasteiger partial charge in [0.1, 0.15) is 0 Å². The van der Waals surface area contributed by atoms with E-state index in [0.717, 1.165) is 12.8 Å². The smallest absolute Gasteiger partial charge is 0.346 e. The van der Waals surface area contributed by atoms with Gasteiger partial charge in [-0.05, 0) is 0 Å². The molecule has 0 bridgehead atoms. The maximum Gasteiger partial charge on any atom is 1.00 e. The van der Waals surface area contributed by atoms with Gasteiger partial charge < -0.3 is 13.8 Å². The molecule has 0 unspecified atom stereocenters. The molecule has 0 aromatic rings. The van der Waals surface area contributed by atoms with E-state index >= 15 is 0 Å². The Hall–Kier alpha value is 2.99. The molecule has 0 saturated heterocycles. The van der Waals surface area contributed by atoms with Crippen molar-refractivity contribution >= 4 is 56.6 Å². The summed E-state index contributed by atoms with van der Waals surface area (Å²) in [7, 11) is 0. The van der Waals surface area contributed by atoms with Crippen molar-refractivity contribution in [2.24, 2.45) is 0 Å². The van der Waals surface area contributed by atoms with Crippen LogP contribution in [0.15, 0.2) is 0 Å². The van der Waals surface area contributed by atoms with E-state index in [1.807, 2.05) is 0 Å². The number of unbranched alkanes of at least 4 members (excludes halogenated alkanes) is 1. The Labute approximate surface area is 119 Å². The standard InChI is InChI=1S/C4H8.5Li/c1-3-4-2;;;;;/h1-4H2;;;;;/q-2;;;;2*+1. The van der Waals surface area contributed by atoms with Gasteiger partial charge in [0, 0.05) is 56.6 Å². The molecule has 0 spiro atoms. The van der Waals surface area contributed by atoms with Gasteiger partial charge in [0.05, 0.1) is 0 Å². The molecular weight excluding hydrogens is 82.7 g/mol. The van der Waals surface area contributed by atoms with Gasteiger partial charge >= 0.3 is 37.7 Å². The molecular formula is C4H8Li5. The zero-order chi connectivity index (χ0) is 3.41. The fourth-order valence-corrected chi connectivity index (χ4v) is 0. The van der Waals surface area contributed by atoms with Crippen LogP contribution >= 0.6 is 0 Å². The summed E-state index contributed by atoms with van der Waals surface area (Å²) in [6.07, 6.45) is 1.92. The van der Waals surface area contributed by atoms with Crippen LogP contribution in [0, 0.1) is 13.8 Å². The van der Waals surface area contributed by atoms with Gasteiger partial charge in [-0.15, -0.1) is 0 Å². The summed E-state index contributed by atoms with van der Waals surface area (Å²) < 4.78 is 0. The van der Waals surface area contributed by atoms with E-state index in [4.69, 9.17) is 0 Å². The van der Waals surface area contributed by atoms with Crippen molar-refractivity contribution in [1.82, 2.24) is 0 Å². The van der Waals surface area contributed by atoms with Gasteiger partial charge in [0.2, 0.25) is 0 Å². The molecule has 0 aromatic carbocycles. The quantitative estimate of drug-likeness (QED) is 0.223. The van der Waals surface area contributed by atoms with Gasteiger partial charge in [-0.1, -0.05) is 0 Å². The van der Waals surface area contributed by atoms with E-state index in [-0.39, 0.29) is 94.3 Å². The van der Waals surface area contributed by atoms with Crippen LogP contribution in [0.4, 0.5) is 0 Å². The Morgan fingerprint density at radius 1 is 0.667 bits per heavy atom. The molecule has 3 radical (unpaired) electrons. The first kappa shape index (κ1) is 40.4. The molecule has 9 heavy (non-hydrogen) atoms. The van der Waals surface area contributed by atoms with Crippen LogP contribution in [-0.4, -0.2) is 56.6 Å². The first-order valence-corrected chi connectivity index (χ1v) is 1.50. The maximum atomic E-state index is 3.54. The van der Waals surface area contributed by atoms with Crippen LogP contribution in [0.5, 0.6) is 0 Å². The third-order valence-electron chi connectivity index (χ3n) is 0.250. The second-order valence-corrected chi connectivity index (χ2v) is 0.707. The maximum absolute atomic E-state index is 3.54. The normalized spacial score (nSPS) is 3.33. The fraction of sp³-hybridized carbons (Fsp3) is 0.500. The van der Waals surface area contributed by atoms with Gasteiger partial charge in [-0.25, -0.2) is 12.8 Å². The van der Waals surface area contributed by atoms with Crippen LogP contribution in [-0.2, 0) is 0 Å². The molecule has 0 rings (SSSR count). The first-order chi connectivity index (χ1) is 1.91.